The van der Waals surface area contributed by atoms with Crippen molar-refractivity contribution >= 4 is 0 Å². The lowest BCUT2D eigenvalue weighted by molar-refractivity contribution is 0.246. The van der Waals surface area contributed by atoms with Gasteiger partial charge in [-0.15, -0.1) is 0 Å². The third kappa shape index (κ3) is 2.07. The van der Waals surface area contributed by atoms with Crippen LogP contribution in [-0.2, 0) is 0 Å². The minimum absolute atomic E-state index is 0.298. The fraction of sp³-hybridized carbons (Fsp3) is 0.600. The first-order chi connectivity index (χ1) is 8.65. The molecule has 2 aliphatic rings. The van der Waals surface area contributed by atoms with Crippen LogP contribution in [0.15, 0.2) is 24.3 Å². The monoisotopic (exact) mass is 245 g/mol. The SMILES string of the molecule is Cc1cccc(C2CC(N)C3C(C)NNC3C2)c1. The third-order valence-corrected chi connectivity index (χ3v) is 4.64. The molecule has 1 saturated carbocycles. The number of hydrazine groups is 1. The molecule has 3 nitrogen and oxygen atoms in total. The van der Waals surface area contributed by atoms with E-state index in [0.717, 1.165) is 6.42 Å². The zero-order valence-corrected chi connectivity index (χ0v) is 11.2. The molecule has 18 heavy (non-hydrogen) atoms. The Morgan fingerprint density at radius 2 is 2.06 bits per heavy atom. The summed E-state index contributed by atoms with van der Waals surface area (Å²) in [5, 5.41) is 0. The smallest absolute Gasteiger partial charge is 0.0277 e. The number of nitrogens with two attached hydrogens (primary N) is 1. The molecule has 0 amide bonds. The number of hydrogen-bond acceptors (Lipinski definition) is 3. The van der Waals surface area contributed by atoms with Gasteiger partial charge in [-0.2, -0.15) is 0 Å². The van der Waals surface area contributed by atoms with E-state index in [1.165, 1.54) is 17.5 Å². The largest absolute Gasteiger partial charge is 0.327 e. The van der Waals surface area contributed by atoms with Gasteiger partial charge < -0.3 is 5.73 Å². The molecule has 0 radical (unpaired) electrons. The highest BCUT2D eigenvalue weighted by Crippen LogP contribution is 2.38. The minimum atomic E-state index is 0.298. The van der Waals surface area contributed by atoms with Crippen molar-refractivity contribution in [2.75, 3.05) is 0 Å². The van der Waals surface area contributed by atoms with Gasteiger partial charge in [0.05, 0.1) is 0 Å². The highest BCUT2D eigenvalue weighted by atomic mass is 15.4. The van der Waals surface area contributed by atoms with Crippen LogP contribution >= 0.6 is 0 Å². The molecule has 1 aliphatic carbocycles. The summed E-state index contributed by atoms with van der Waals surface area (Å²) in [5.74, 6) is 1.17. The second-order valence-corrected chi connectivity index (χ2v) is 6.01. The Hall–Kier alpha value is -0.900. The minimum Gasteiger partial charge on any atom is -0.327 e. The average Bonchev–Trinajstić information content (AvgIpc) is 2.71. The second-order valence-electron chi connectivity index (χ2n) is 6.01. The number of fused-ring (bicyclic) bond motifs is 1. The first-order valence-corrected chi connectivity index (χ1v) is 6.98. The summed E-state index contributed by atoms with van der Waals surface area (Å²) in [4.78, 5) is 0. The molecule has 0 spiro atoms. The van der Waals surface area contributed by atoms with Gasteiger partial charge in [0.15, 0.2) is 0 Å². The lowest BCUT2D eigenvalue weighted by atomic mass is 9.71. The van der Waals surface area contributed by atoms with Crippen LogP contribution in [0.25, 0.3) is 0 Å². The molecule has 98 valence electrons. The van der Waals surface area contributed by atoms with Gasteiger partial charge in [0.2, 0.25) is 0 Å². The Morgan fingerprint density at radius 3 is 2.83 bits per heavy atom. The molecule has 3 rings (SSSR count). The molecule has 1 heterocycles. The van der Waals surface area contributed by atoms with Gasteiger partial charge >= 0.3 is 0 Å². The van der Waals surface area contributed by atoms with Gasteiger partial charge in [-0.05, 0) is 38.2 Å². The summed E-state index contributed by atoms with van der Waals surface area (Å²) in [6.07, 6.45) is 2.30. The van der Waals surface area contributed by atoms with E-state index < -0.39 is 0 Å². The number of benzene rings is 1. The molecule has 0 bridgehead atoms. The van der Waals surface area contributed by atoms with Crippen molar-refractivity contribution in [3.63, 3.8) is 0 Å². The molecule has 5 unspecified atom stereocenters. The Balaban J connectivity index is 1.80. The summed E-state index contributed by atoms with van der Waals surface area (Å²) in [6.45, 7) is 4.39. The summed E-state index contributed by atoms with van der Waals surface area (Å²) < 4.78 is 0. The molecule has 1 saturated heterocycles. The van der Waals surface area contributed by atoms with Crippen LogP contribution in [0.4, 0.5) is 0 Å². The van der Waals surface area contributed by atoms with Crippen LogP contribution in [-0.4, -0.2) is 18.1 Å². The van der Waals surface area contributed by atoms with Gasteiger partial charge in [-0.25, -0.2) is 0 Å². The van der Waals surface area contributed by atoms with Crippen LogP contribution in [0.5, 0.6) is 0 Å². The molecular formula is C15H23N3. The Labute approximate surface area is 109 Å². The van der Waals surface area contributed by atoms with E-state index in [9.17, 15) is 0 Å². The standard InChI is InChI=1S/C15H23N3/c1-9-4-3-5-11(6-9)12-7-13(16)15-10(2)17-18-14(15)8-12/h3-6,10,12-15,17-18H,7-8,16H2,1-2H3. The molecule has 1 aromatic carbocycles. The fourth-order valence-corrected chi connectivity index (χ4v) is 3.75. The normalized spacial score (nSPS) is 39.6. The van der Waals surface area contributed by atoms with Crippen LogP contribution < -0.4 is 16.6 Å². The van der Waals surface area contributed by atoms with E-state index in [4.69, 9.17) is 5.73 Å². The van der Waals surface area contributed by atoms with Crippen LogP contribution in [0.1, 0.15) is 36.8 Å². The second kappa shape index (κ2) is 4.65. The van der Waals surface area contributed by atoms with Crippen molar-refractivity contribution in [1.82, 2.24) is 10.9 Å². The van der Waals surface area contributed by atoms with E-state index in [0.29, 0.717) is 30.0 Å². The predicted molar refractivity (Wildman–Crippen MR) is 74.1 cm³/mol. The lowest BCUT2D eigenvalue weighted by Gasteiger charge is -2.37. The van der Waals surface area contributed by atoms with Crippen molar-refractivity contribution in [2.45, 2.75) is 50.7 Å². The van der Waals surface area contributed by atoms with Crippen LogP contribution in [0.2, 0.25) is 0 Å². The highest BCUT2D eigenvalue weighted by molar-refractivity contribution is 5.27. The van der Waals surface area contributed by atoms with Crippen molar-refractivity contribution in [2.24, 2.45) is 11.7 Å². The van der Waals surface area contributed by atoms with Crippen molar-refractivity contribution in [3.05, 3.63) is 35.4 Å². The maximum absolute atomic E-state index is 6.40. The van der Waals surface area contributed by atoms with Gasteiger partial charge in [0, 0.05) is 24.0 Å². The highest BCUT2D eigenvalue weighted by Gasteiger charge is 2.42. The summed E-state index contributed by atoms with van der Waals surface area (Å²) in [5.41, 5.74) is 16.0. The molecule has 1 aliphatic heterocycles. The number of rotatable bonds is 1. The average molecular weight is 245 g/mol. The zero-order chi connectivity index (χ0) is 12.7. The van der Waals surface area contributed by atoms with Crippen molar-refractivity contribution < 1.29 is 0 Å². The fourth-order valence-electron chi connectivity index (χ4n) is 3.75. The zero-order valence-electron chi connectivity index (χ0n) is 11.2. The van der Waals surface area contributed by atoms with Crippen LogP contribution in [0.3, 0.4) is 0 Å². The van der Waals surface area contributed by atoms with E-state index in [1.807, 2.05) is 0 Å². The molecule has 0 aromatic heterocycles. The van der Waals surface area contributed by atoms with E-state index in [-0.39, 0.29) is 0 Å². The van der Waals surface area contributed by atoms with E-state index in [2.05, 4.69) is 49.0 Å². The van der Waals surface area contributed by atoms with Crippen molar-refractivity contribution in [1.29, 1.82) is 0 Å². The molecule has 4 N–H and O–H groups in total. The van der Waals surface area contributed by atoms with Gasteiger partial charge in [-0.1, -0.05) is 29.8 Å². The van der Waals surface area contributed by atoms with Crippen LogP contribution in [0, 0.1) is 12.8 Å². The van der Waals surface area contributed by atoms with E-state index >= 15 is 0 Å². The molecule has 5 atom stereocenters. The summed E-state index contributed by atoms with van der Waals surface area (Å²) in [6, 6.07) is 10.2. The molecule has 1 aromatic rings. The molecule has 2 fully saturated rings. The number of hydrogen-bond donors (Lipinski definition) is 3. The maximum atomic E-state index is 6.40. The van der Waals surface area contributed by atoms with Crippen molar-refractivity contribution in [3.8, 4) is 0 Å². The van der Waals surface area contributed by atoms with Gasteiger partial charge in [0.25, 0.3) is 0 Å². The number of aryl methyl sites for hydroxylation is 1. The Kier molecular flexibility index (Phi) is 3.14. The quantitative estimate of drug-likeness (QED) is 0.705. The molecule has 3 heteroatoms. The van der Waals surface area contributed by atoms with Gasteiger partial charge in [-0.3, -0.25) is 10.9 Å². The number of nitrogens with one attached hydrogen (secondary N) is 2. The summed E-state index contributed by atoms with van der Waals surface area (Å²) in [7, 11) is 0. The summed E-state index contributed by atoms with van der Waals surface area (Å²) >= 11 is 0. The first kappa shape index (κ1) is 12.2. The lowest BCUT2D eigenvalue weighted by Crippen LogP contribution is -2.47. The van der Waals surface area contributed by atoms with E-state index in [1.54, 1.807) is 0 Å². The Morgan fingerprint density at radius 1 is 1.22 bits per heavy atom. The maximum Gasteiger partial charge on any atom is 0.0277 e. The third-order valence-electron chi connectivity index (χ3n) is 4.64. The first-order valence-electron chi connectivity index (χ1n) is 6.98. The van der Waals surface area contributed by atoms with Gasteiger partial charge in [0.1, 0.15) is 0 Å². The Bertz CT molecular complexity index is 432. The predicted octanol–water partition coefficient (Wildman–Crippen LogP) is 1.68. The molecular weight excluding hydrogens is 222 g/mol. The topological polar surface area (TPSA) is 50.1 Å².